The van der Waals surface area contributed by atoms with Crippen LogP contribution >= 0.6 is 0 Å². The lowest BCUT2D eigenvalue weighted by molar-refractivity contribution is 0.0572. The molecule has 0 amide bonds. The molecule has 2 fully saturated rings. The number of sulfonamides is 1. The second kappa shape index (κ2) is 5.66. The van der Waals surface area contributed by atoms with Gasteiger partial charge in [0.1, 0.15) is 0 Å². The molecule has 3 rings (SSSR count). The molecule has 1 aromatic carbocycles. The summed E-state index contributed by atoms with van der Waals surface area (Å²) in [6, 6.07) is 7.37. The van der Waals surface area contributed by atoms with Crippen LogP contribution in [0.3, 0.4) is 0 Å². The third-order valence-electron chi connectivity index (χ3n) is 3.96. The largest absolute Gasteiger partial charge is 0.389 e. The summed E-state index contributed by atoms with van der Waals surface area (Å²) in [5.74, 6) is 0. The lowest BCUT2D eigenvalue weighted by atomic mass is 10.2. The van der Waals surface area contributed by atoms with E-state index in [-0.39, 0.29) is 18.0 Å². The zero-order valence-electron chi connectivity index (χ0n) is 11.6. The summed E-state index contributed by atoms with van der Waals surface area (Å²) in [6.45, 7) is 0.620. The van der Waals surface area contributed by atoms with Crippen molar-refractivity contribution in [2.45, 2.75) is 42.5 Å². The molecule has 3 N–H and O–H groups in total. The SMILES string of the molecule is O=S(=O)(c1ccc(CNC2CC2)cc1)N1CC(O)C(O)C1. The van der Waals surface area contributed by atoms with E-state index in [9.17, 15) is 18.6 Å². The van der Waals surface area contributed by atoms with Crippen molar-refractivity contribution in [2.75, 3.05) is 13.1 Å². The van der Waals surface area contributed by atoms with Gasteiger partial charge in [0.2, 0.25) is 10.0 Å². The molecule has 0 spiro atoms. The molecule has 1 heterocycles. The first-order valence-electron chi connectivity index (χ1n) is 7.15. The van der Waals surface area contributed by atoms with Crippen molar-refractivity contribution in [2.24, 2.45) is 0 Å². The van der Waals surface area contributed by atoms with Crippen LogP contribution in [0.15, 0.2) is 29.2 Å². The molecule has 21 heavy (non-hydrogen) atoms. The third-order valence-corrected chi connectivity index (χ3v) is 5.80. The van der Waals surface area contributed by atoms with Crippen LogP contribution in [0.4, 0.5) is 0 Å². The maximum atomic E-state index is 12.4. The first-order chi connectivity index (χ1) is 9.96. The molecule has 1 saturated heterocycles. The van der Waals surface area contributed by atoms with E-state index in [1.807, 2.05) is 0 Å². The van der Waals surface area contributed by atoms with Crippen molar-refractivity contribution in [1.82, 2.24) is 9.62 Å². The van der Waals surface area contributed by atoms with Gasteiger partial charge in [-0.1, -0.05) is 12.1 Å². The maximum absolute atomic E-state index is 12.4. The number of β-amino-alcohol motifs (C(OH)–C–C–N with tert-alkyl or cyclic N) is 2. The fourth-order valence-corrected chi connectivity index (χ4v) is 3.89. The molecule has 6 nitrogen and oxygen atoms in total. The van der Waals surface area contributed by atoms with Gasteiger partial charge in [0.05, 0.1) is 17.1 Å². The van der Waals surface area contributed by atoms with Crippen LogP contribution in [-0.4, -0.2) is 54.3 Å². The number of rotatable bonds is 5. The van der Waals surface area contributed by atoms with Gasteiger partial charge in [-0.05, 0) is 30.5 Å². The number of aliphatic hydroxyl groups excluding tert-OH is 2. The van der Waals surface area contributed by atoms with E-state index in [0.29, 0.717) is 6.04 Å². The van der Waals surface area contributed by atoms with Crippen LogP contribution in [0.2, 0.25) is 0 Å². The lowest BCUT2D eigenvalue weighted by Gasteiger charge is -2.15. The maximum Gasteiger partial charge on any atom is 0.243 e. The summed E-state index contributed by atoms with van der Waals surface area (Å²) >= 11 is 0. The number of hydrogen-bond donors (Lipinski definition) is 3. The topological polar surface area (TPSA) is 89.9 Å². The molecule has 1 aromatic rings. The normalized spacial score (nSPS) is 27.1. The Morgan fingerprint density at radius 1 is 1.10 bits per heavy atom. The van der Waals surface area contributed by atoms with Gasteiger partial charge in [-0.3, -0.25) is 0 Å². The number of aliphatic hydroxyl groups is 2. The van der Waals surface area contributed by atoms with Crippen molar-refractivity contribution in [1.29, 1.82) is 0 Å². The van der Waals surface area contributed by atoms with Crippen LogP contribution in [0, 0.1) is 0 Å². The standard InChI is InChI=1S/C14H20N2O4S/c17-13-8-16(9-14(13)18)21(19,20)12-5-1-10(2-6-12)7-15-11-3-4-11/h1-2,5-6,11,13-15,17-18H,3-4,7-9H2. The molecule has 2 atom stereocenters. The van der Waals surface area contributed by atoms with Crippen LogP contribution in [0.1, 0.15) is 18.4 Å². The quantitative estimate of drug-likeness (QED) is 0.692. The molecule has 0 radical (unpaired) electrons. The van der Waals surface area contributed by atoms with Gasteiger partial charge in [0, 0.05) is 25.7 Å². The second-order valence-electron chi connectivity index (χ2n) is 5.76. The summed E-state index contributed by atoms with van der Waals surface area (Å²) in [6.07, 6.45) is 0.404. The molecule has 2 aliphatic rings. The Hall–Kier alpha value is -0.990. The molecule has 116 valence electrons. The average molecular weight is 312 g/mol. The molecule has 0 aromatic heterocycles. The number of benzene rings is 1. The fourth-order valence-electron chi connectivity index (χ4n) is 2.41. The Bertz CT molecular complexity index is 588. The molecule has 1 saturated carbocycles. The Morgan fingerprint density at radius 2 is 1.67 bits per heavy atom. The van der Waals surface area contributed by atoms with E-state index >= 15 is 0 Å². The predicted molar refractivity (Wildman–Crippen MR) is 77.1 cm³/mol. The van der Waals surface area contributed by atoms with E-state index in [1.54, 1.807) is 24.3 Å². The Kier molecular flexibility index (Phi) is 4.02. The third kappa shape index (κ3) is 3.27. The van der Waals surface area contributed by atoms with Gasteiger partial charge in [0.15, 0.2) is 0 Å². The van der Waals surface area contributed by atoms with E-state index < -0.39 is 22.2 Å². The highest BCUT2D eigenvalue weighted by Crippen LogP contribution is 2.22. The zero-order valence-corrected chi connectivity index (χ0v) is 12.5. The molecule has 2 unspecified atom stereocenters. The van der Waals surface area contributed by atoms with Crippen LogP contribution in [0.25, 0.3) is 0 Å². The minimum atomic E-state index is -3.65. The van der Waals surface area contributed by atoms with Gasteiger partial charge < -0.3 is 15.5 Å². The first-order valence-corrected chi connectivity index (χ1v) is 8.59. The number of nitrogens with zero attached hydrogens (tertiary/aromatic N) is 1. The van der Waals surface area contributed by atoms with Crippen molar-refractivity contribution in [3.05, 3.63) is 29.8 Å². The van der Waals surface area contributed by atoms with Gasteiger partial charge in [-0.15, -0.1) is 0 Å². The Morgan fingerprint density at radius 3 is 2.19 bits per heavy atom. The molecule has 1 aliphatic heterocycles. The van der Waals surface area contributed by atoms with Gasteiger partial charge >= 0.3 is 0 Å². The van der Waals surface area contributed by atoms with Gasteiger partial charge in [0.25, 0.3) is 0 Å². The minimum absolute atomic E-state index is 0.0610. The van der Waals surface area contributed by atoms with Crippen molar-refractivity contribution < 1.29 is 18.6 Å². The predicted octanol–water partition coefficient (Wildman–Crippen LogP) is -0.335. The Labute approximate surface area is 124 Å². The monoisotopic (exact) mass is 312 g/mol. The second-order valence-corrected chi connectivity index (χ2v) is 7.69. The Balaban J connectivity index is 1.70. The molecule has 1 aliphatic carbocycles. The number of hydrogen-bond acceptors (Lipinski definition) is 5. The number of nitrogens with one attached hydrogen (secondary N) is 1. The molecule has 7 heteroatoms. The van der Waals surface area contributed by atoms with E-state index in [2.05, 4.69) is 5.32 Å². The van der Waals surface area contributed by atoms with Crippen molar-refractivity contribution >= 4 is 10.0 Å². The van der Waals surface area contributed by atoms with Crippen molar-refractivity contribution in [3.63, 3.8) is 0 Å². The van der Waals surface area contributed by atoms with Crippen molar-refractivity contribution in [3.8, 4) is 0 Å². The van der Waals surface area contributed by atoms with E-state index in [1.165, 1.54) is 12.8 Å². The van der Waals surface area contributed by atoms with Crippen LogP contribution in [0.5, 0.6) is 0 Å². The summed E-state index contributed by atoms with van der Waals surface area (Å²) in [7, 11) is -3.65. The smallest absolute Gasteiger partial charge is 0.243 e. The fraction of sp³-hybridized carbons (Fsp3) is 0.571. The van der Waals surface area contributed by atoms with Crippen LogP contribution < -0.4 is 5.32 Å². The highest BCUT2D eigenvalue weighted by Gasteiger charge is 2.37. The van der Waals surface area contributed by atoms with E-state index in [0.717, 1.165) is 16.4 Å². The summed E-state index contributed by atoms with van der Waals surface area (Å²) < 4.78 is 25.9. The molecule has 0 bridgehead atoms. The molecular weight excluding hydrogens is 292 g/mol. The summed E-state index contributed by atoms with van der Waals surface area (Å²) in [4.78, 5) is 0.193. The molecular formula is C14H20N2O4S. The van der Waals surface area contributed by atoms with Crippen LogP contribution in [-0.2, 0) is 16.6 Å². The highest BCUT2D eigenvalue weighted by molar-refractivity contribution is 7.89. The lowest BCUT2D eigenvalue weighted by Crippen LogP contribution is -2.30. The summed E-state index contributed by atoms with van der Waals surface area (Å²) in [5, 5.41) is 22.3. The average Bonchev–Trinajstić information content (AvgIpc) is 3.23. The zero-order chi connectivity index (χ0) is 15.0. The minimum Gasteiger partial charge on any atom is -0.389 e. The van der Waals surface area contributed by atoms with Gasteiger partial charge in [-0.2, -0.15) is 4.31 Å². The highest BCUT2D eigenvalue weighted by atomic mass is 32.2. The van der Waals surface area contributed by atoms with E-state index in [4.69, 9.17) is 0 Å². The summed E-state index contributed by atoms with van der Waals surface area (Å²) in [5.41, 5.74) is 1.04. The first kappa shape index (κ1) is 14.9. The van der Waals surface area contributed by atoms with Gasteiger partial charge in [-0.25, -0.2) is 8.42 Å².